The number of aryl methyl sites for hydroxylation is 1. The fourth-order valence-electron chi connectivity index (χ4n) is 2.39. The van der Waals surface area contributed by atoms with E-state index < -0.39 is 11.9 Å². The van der Waals surface area contributed by atoms with Crippen molar-refractivity contribution in [1.29, 1.82) is 0 Å². The van der Waals surface area contributed by atoms with Gasteiger partial charge in [0.25, 0.3) is 5.91 Å². The van der Waals surface area contributed by atoms with Gasteiger partial charge in [-0.05, 0) is 55.0 Å². The normalized spacial score (nSPS) is 10.4. The molecule has 3 amide bonds. The van der Waals surface area contributed by atoms with Crippen LogP contribution >= 0.6 is 35.0 Å². The second-order valence-electron chi connectivity index (χ2n) is 5.78. The molecule has 0 unspecified atom stereocenters. The Morgan fingerprint density at radius 2 is 1.75 bits per heavy atom. The van der Waals surface area contributed by atoms with E-state index in [-0.39, 0.29) is 10.6 Å². The molecule has 0 atom stereocenters. The van der Waals surface area contributed by atoms with Gasteiger partial charge in [0, 0.05) is 9.92 Å². The molecule has 3 rings (SSSR count). The summed E-state index contributed by atoms with van der Waals surface area (Å²) < 4.78 is 0. The van der Waals surface area contributed by atoms with Crippen LogP contribution in [-0.2, 0) is 0 Å². The number of urea groups is 1. The maximum absolute atomic E-state index is 12.3. The van der Waals surface area contributed by atoms with Gasteiger partial charge in [-0.2, -0.15) is 0 Å². The molecule has 0 fully saturated rings. The monoisotopic (exact) mass is 431 g/mol. The molecule has 0 saturated heterocycles. The van der Waals surface area contributed by atoms with Gasteiger partial charge in [-0.1, -0.05) is 47.1 Å². The lowest BCUT2D eigenvalue weighted by Crippen LogP contribution is -2.34. The first-order chi connectivity index (χ1) is 13.4. The largest absolute Gasteiger partial charge is 0.326 e. The number of carbonyl (C=O) groups excluding carboxylic acids is 2. The summed E-state index contributed by atoms with van der Waals surface area (Å²) in [6, 6.07) is 15.3. The molecule has 0 spiro atoms. The first-order valence-electron chi connectivity index (χ1n) is 8.19. The van der Waals surface area contributed by atoms with E-state index in [1.54, 1.807) is 37.3 Å². The van der Waals surface area contributed by atoms with Gasteiger partial charge in [-0.15, -0.1) is 0 Å². The Kier molecular flexibility index (Phi) is 6.57. The molecule has 1 aromatic heterocycles. The summed E-state index contributed by atoms with van der Waals surface area (Å²) in [6.45, 7) is 1.75. The summed E-state index contributed by atoms with van der Waals surface area (Å²) >= 11 is 13.4. The predicted octanol–water partition coefficient (Wildman–Crippen LogP) is 5.81. The summed E-state index contributed by atoms with van der Waals surface area (Å²) in [7, 11) is 0. The molecule has 0 aliphatic rings. The quantitative estimate of drug-likeness (QED) is 0.546. The lowest BCUT2D eigenvalue weighted by Gasteiger charge is -2.10. The third-order valence-corrected chi connectivity index (χ3v) is 5.23. The molecule has 28 heavy (non-hydrogen) atoms. The van der Waals surface area contributed by atoms with E-state index in [0.29, 0.717) is 16.3 Å². The Labute approximate surface area is 176 Å². The van der Waals surface area contributed by atoms with Crippen molar-refractivity contribution in [2.24, 2.45) is 0 Å². The van der Waals surface area contributed by atoms with E-state index in [4.69, 9.17) is 23.2 Å². The van der Waals surface area contributed by atoms with Crippen molar-refractivity contribution in [3.05, 3.63) is 82.0 Å². The van der Waals surface area contributed by atoms with Crippen LogP contribution in [0.1, 0.15) is 15.9 Å². The van der Waals surface area contributed by atoms with Gasteiger partial charge in [-0.25, -0.2) is 9.78 Å². The SMILES string of the molecule is Cc1cccc(Cl)c1C(=O)NC(=O)Nc1ccc(Sc2ccc(Cl)cc2)nc1. The van der Waals surface area contributed by atoms with E-state index >= 15 is 0 Å². The van der Waals surface area contributed by atoms with Crippen LogP contribution in [0, 0.1) is 6.92 Å². The number of rotatable bonds is 4. The van der Waals surface area contributed by atoms with Crippen LogP contribution in [-0.4, -0.2) is 16.9 Å². The molecule has 1 heterocycles. The molecule has 0 aliphatic carbocycles. The topological polar surface area (TPSA) is 71.1 Å². The zero-order valence-electron chi connectivity index (χ0n) is 14.7. The maximum atomic E-state index is 12.3. The average Bonchev–Trinajstić information content (AvgIpc) is 2.65. The Bertz CT molecular complexity index is 989. The zero-order chi connectivity index (χ0) is 20.1. The molecule has 5 nitrogen and oxygen atoms in total. The van der Waals surface area contributed by atoms with Gasteiger partial charge in [0.05, 0.1) is 22.5 Å². The van der Waals surface area contributed by atoms with Crippen LogP contribution in [0.2, 0.25) is 10.0 Å². The van der Waals surface area contributed by atoms with Gasteiger partial charge in [0.15, 0.2) is 0 Å². The molecule has 0 aliphatic heterocycles. The van der Waals surface area contributed by atoms with Crippen LogP contribution in [0.15, 0.2) is 70.7 Å². The van der Waals surface area contributed by atoms with Crippen LogP contribution in [0.25, 0.3) is 0 Å². The number of aromatic nitrogens is 1. The Balaban J connectivity index is 1.60. The van der Waals surface area contributed by atoms with Crippen molar-refractivity contribution in [3.8, 4) is 0 Å². The first-order valence-corrected chi connectivity index (χ1v) is 9.76. The number of nitrogens with zero attached hydrogens (tertiary/aromatic N) is 1. The Morgan fingerprint density at radius 1 is 1.00 bits per heavy atom. The second kappa shape index (κ2) is 9.10. The van der Waals surface area contributed by atoms with Crippen molar-refractivity contribution in [3.63, 3.8) is 0 Å². The van der Waals surface area contributed by atoms with Gasteiger partial charge >= 0.3 is 6.03 Å². The van der Waals surface area contributed by atoms with E-state index in [0.717, 1.165) is 9.92 Å². The van der Waals surface area contributed by atoms with E-state index in [1.165, 1.54) is 18.0 Å². The molecule has 142 valence electrons. The number of hydrogen-bond acceptors (Lipinski definition) is 4. The number of pyridine rings is 1. The third-order valence-electron chi connectivity index (χ3n) is 3.71. The lowest BCUT2D eigenvalue weighted by molar-refractivity contribution is 0.0966. The third kappa shape index (κ3) is 5.25. The highest BCUT2D eigenvalue weighted by Gasteiger charge is 2.16. The van der Waals surface area contributed by atoms with E-state index in [9.17, 15) is 9.59 Å². The molecule has 0 bridgehead atoms. The number of halogens is 2. The molecule has 0 radical (unpaired) electrons. The van der Waals surface area contributed by atoms with Gasteiger partial charge < -0.3 is 5.32 Å². The van der Waals surface area contributed by atoms with Crippen molar-refractivity contribution in [2.75, 3.05) is 5.32 Å². The van der Waals surface area contributed by atoms with E-state index in [1.807, 2.05) is 24.3 Å². The summed E-state index contributed by atoms with van der Waals surface area (Å²) in [4.78, 5) is 29.7. The Morgan fingerprint density at radius 3 is 2.39 bits per heavy atom. The summed E-state index contributed by atoms with van der Waals surface area (Å²) in [6.07, 6.45) is 1.52. The standard InChI is InChI=1S/C20H15Cl2N3O2S/c1-12-3-2-4-16(22)18(12)19(26)25-20(27)24-14-7-10-17(23-11-14)28-15-8-5-13(21)6-9-15/h2-11H,1H3,(H2,24,25,26,27). The number of anilines is 1. The molecule has 3 aromatic rings. The highest BCUT2D eigenvalue weighted by Crippen LogP contribution is 2.27. The summed E-state index contributed by atoms with van der Waals surface area (Å²) in [5, 5.41) is 6.56. The van der Waals surface area contributed by atoms with E-state index in [2.05, 4.69) is 15.6 Å². The molecule has 8 heteroatoms. The number of hydrogen-bond donors (Lipinski definition) is 2. The number of nitrogens with one attached hydrogen (secondary N) is 2. The van der Waals surface area contributed by atoms with Crippen LogP contribution in [0.5, 0.6) is 0 Å². The van der Waals surface area contributed by atoms with Gasteiger partial charge in [0.2, 0.25) is 0 Å². The minimum absolute atomic E-state index is 0.271. The summed E-state index contributed by atoms with van der Waals surface area (Å²) in [5.41, 5.74) is 1.41. The fourth-order valence-corrected chi connectivity index (χ4v) is 3.57. The van der Waals surface area contributed by atoms with Crippen molar-refractivity contribution >= 4 is 52.6 Å². The first kappa shape index (κ1) is 20.2. The summed E-state index contributed by atoms with van der Waals surface area (Å²) in [5.74, 6) is -0.566. The van der Waals surface area contributed by atoms with Crippen LogP contribution in [0.3, 0.4) is 0 Å². The molecular formula is C20H15Cl2N3O2S. The van der Waals surface area contributed by atoms with Crippen LogP contribution < -0.4 is 10.6 Å². The van der Waals surface area contributed by atoms with Crippen LogP contribution in [0.4, 0.5) is 10.5 Å². The molecule has 2 N–H and O–H groups in total. The molecular weight excluding hydrogens is 417 g/mol. The average molecular weight is 432 g/mol. The number of carbonyl (C=O) groups is 2. The van der Waals surface area contributed by atoms with Crippen molar-refractivity contribution in [2.45, 2.75) is 16.8 Å². The number of imide groups is 1. The van der Waals surface area contributed by atoms with Crippen molar-refractivity contribution < 1.29 is 9.59 Å². The minimum Gasteiger partial charge on any atom is -0.306 e. The fraction of sp³-hybridized carbons (Fsp3) is 0.0500. The van der Waals surface area contributed by atoms with Gasteiger partial charge in [0.1, 0.15) is 5.03 Å². The maximum Gasteiger partial charge on any atom is 0.326 e. The number of amides is 3. The van der Waals surface area contributed by atoms with Gasteiger partial charge in [-0.3, -0.25) is 10.1 Å². The number of benzene rings is 2. The Hall–Kier alpha value is -2.54. The zero-order valence-corrected chi connectivity index (χ0v) is 17.0. The minimum atomic E-state index is -0.663. The highest BCUT2D eigenvalue weighted by molar-refractivity contribution is 7.99. The highest BCUT2D eigenvalue weighted by atomic mass is 35.5. The second-order valence-corrected chi connectivity index (χ2v) is 7.72. The van der Waals surface area contributed by atoms with Crippen molar-refractivity contribution in [1.82, 2.24) is 10.3 Å². The molecule has 0 saturated carbocycles. The molecule has 2 aromatic carbocycles. The smallest absolute Gasteiger partial charge is 0.306 e. The lowest BCUT2D eigenvalue weighted by atomic mass is 10.1. The predicted molar refractivity (Wildman–Crippen MR) is 112 cm³/mol.